The number of amides is 2. The Bertz CT molecular complexity index is 815. The molecule has 1 fully saturated rings. The average molecular weight is 354 g/mol. The number of carbonyl (C=O) groups is 2. The molecule has 3 N–H and O–H groups in total. The molecule has 0 aliphatic heterocycles. The van der Waals surface area contributed by atoms with Crippen molar-refractivity contribution < 1.29 is 19.1 Å². The largest absolute Gasteiger partial charge is 0.496 e. The zero-order valence-corrected chi connectivity index (χ0v) is 14.7. The molecule has 0 unspecified atom stereocenters. The molecule has 6 heteroatoms. The van der Waals surface area contributed by atoms with Gasteiger partial charge in [0.25, 0.3) is 11.8 Å². The molecular formula is C20H22N2O4. The Labute approximate surface area is 152 Å². The van der Waals surface area contributed by atoms with Gasteiger partial charge in [0.05, 0.1) is 12.7 Å². The van der Waals surface area contributed by atoms with E-state index in [1.807, 2.05) is 24.3 Å². The molecule has 2 aromatic carbocycles. The molecule has 6 nitrogen and oxygen atoms in total. The third kappa shape index (κ3) is 3.79. The zero-order chi connectivity index (χ0) is 18.6. The molecule has 136 valence electrons. The van der Waals surface area contributed by atoms with Gasteiger partial charge in [-0.3, -0.25) is 9.59 Å². The summed E-state index contributed by atoms with van der Waals surface area (Å²) in [6.07, 6.45) is 1.99. The van der Waals surface area contributed by atoms with E-state index in [-0.39, 0.29) is 17.9 Å². The van der Waals surface area contributed by atoms with Gasteiger partial charge < -0.3 is 20.5 Å². The van der Waals surface area contributed by atoms with Gasteiger partial charge in [-0.15, -0.1) is 0 Å². The molecule has 0 saturated heterocycles. The molecule has 2 amide bonds. The van der Waals surface area contributed by atoms with Crippen molar-refractivity contribution in [3.63, 3.8) is 0 Å². The number of primary amides is 1. The summed E-state index contributed by atoms with van der Waals surface area (Å²) in [4.78, 5) is 23.6. The Balaban J connectivity index is 1.71. The van der Waals surface area contributed by atoms with Crippen LogP contribution < -0.4 is 20.5 Å². The van der Waals surface area contributed by atoms with Crippen molar-refractivity contribution in [2.45, 2.75) is 18.3 Å². The normalized spacial score (nSPS) is 14.3. The van der Waals surface area contributed by atoms with E-state index in [0.29, 0.717) is 17.9 Å². The van der Waals surface area contributed by atoms with Crippen LogP contribution in [0.2, 0.25) is 0 Å². The first-order valence-electron chi connectivity index (χ1n) is 8.47. The molecule has 1 aliphatic rings. The van der Waals surface area contributed by atoms with E-state index in [1.54, 1.807) is 31.4 Å². The summed E-state index contributed by atoms with van der Waals surface area (Å²) in [5, 5.41) is 2.99. The van der Waals surface area contributed by atoms with Gasteiger partial charge >= 0.3 is 0 Å². The second-order valence-corrected chi connectivity index (χ2v) is 6.41. The molecule has 2 aromatic rings. The molecule has 3 rings (SSSR count). The van der Waals surface area contributed by atoms with Crippen LogP contribution in [0, 0.1) is 0 Å². The lowest BCUT2D eigenvalue weighted by Crippen LogP contribution is -2.33. The first kappa shape index (κ1) is 17.8. The topological polar surface area (TPSA) is 90.7 Å². The summed E-state index contributed by atoms with van der Waals surface area (Å²) >= 11 is 0. The van der Waals surface area contributed by atoms with Crippen molar-refractivity contribution in [1.29, 1.82) is 0 Å². The lowest BCUT2D eigenvalue weighted by atomic mass is 9.94. The number of nitrogens with one attached hydrogen (secondary N) is 1. The van der Waals surface area contributed by atoms with Crippen LogP contribution in [0.25, 0.3) is 0 Å². The Kier molecular flexibility index (Phi) is 5.11. The number of nitrogens with two attached hydrogens (primary N) is 1. The van der Waals surface area contributed by atoms with Gasteiger partial charge in [-0.25, -0.2) is 0 Å². The predicted molar refractivity (Wildman–Crippen MR) is 97.4 cm³/mol. The van der Waals surface area contributed by atoms with Crippen molar-refractivity contribution in [2.75, 3.05) is 20.3 Å². The zero-order valence-electron chi connectivity index (χ0n) is 14.7. The maximum atomic E-state index is 12.6. The summed E-state index contributed by atoms with van der Waals surface area (Å²) in [6, 6.07) is 14.7. The number of para-hydroxylation sites is 2. The Morgan fingerprint density at radius 1 is 1.08 bits per heavy atom. The van der Waals surface area contributed by atoms with Crippen LogP contribution in [0.5, 0.6) is 11.5 Å². The number of benzene rings is 2. The van der Waals surface area contributed by atoms with Crippen LogP contribution in [0.1, 0.15) is 28.8 Å². The van der Waals surface area contributed by atoms with Crippen LogP contribution >= 0.6 is 0 Å². The Morgan fingerprint density at radius 3 is 2.38 bits per heavy atom. The fraction of sp³-hybridized carbons (Fsp3) is 0.300. The highest BCUT2D eigenvalue weighted by Crippen LogP contribution is 2.50. The molecule has 0 aromatic heterocycles. The van der Waals surface area contributed by atoms with Crippen molar-refractivity contribution in [1.82, 2.24) is 5.32 Å². The number of hydrogen-bond acceptors (Lipinski definition) is 4. The molecule has 0 radical (unpaired) electrons. The molecule has 1 aliphatic carbocycles. The Hall–Kier alpha value is -3.02. The molecule has 26 heavy (non-hydrogen) atoms. The van der Waals surface area contributed by atoms with E-state index in [1.165, 1.54) is 0 Å². The highest BCUT2D eigenvalue weighted by atomic mass is 16.5. The van der Waals surface area contributed by atoms with Crippen LogP contribution in [-0.2, 0) is 10.2 Å². The van der Waals surface area contributed by atoms with E-state index in [0.717, 1.165) is 24.2 Å². The second kappa shape index (κ2) is 7.47. The average Bonchev–Trinajstić information content (AvgIpc) is 3.45. The maximum absolute atomic E-state index is 12.6. The summed E-state index contributed by atoms with van der Waals surface area (Å²) < 4.78 is 10.8. The van der Waals surface area contributed by atoms with E-state index in [2.05, 4.69) is 5.32 Å². The maximum Gasteiger partial charge on any atom is 0.255 e. The first-order chi connectivity index (χ1) is 12.6. The molecular weight excluding hydrogens is 332 g/mol. The van der Waals surface area contributed by atoms with Gasteiger partial charge in [0.2, 0.25) is 0 Å². The standard InChI is InChI=1S/C20H22N2O4/c1-25-17-9-5-3-7-15(17)20(10-11-20)13-22-19(24)14-6-2-4-8-16(14)26-12-18(21)23/h2-9H,10-13H2,1H3,(H2,21,23)(H,22,24). The van der Waals surface area contributed by atoms with Crippen molar-refractivity contribution in [3.8, 4) is 11.5 Å². The van der Waals surface area contributed by atoms with E-state index in [4.69, 9.17) is 15.2 Å². The fourth-order valence-corrected chi connectivity index (χ4v) is 3.05. The number of carbonyl (C=O) groups excluding carboxylic acids is 2. The van der Waals surface area contributed by atoms with Crippen molar-refractivity contribution in [3.05, 3.63) is 59.7 Å². The Morgan fingerprint density at radius 2 is 1.73 bits per heavy atom. The highest BCUT2D eigenvalue weighted by molar-refractivity contribution is 5.97. The van der Waals surface area contributed by atoms with Crippen LogP contribution in [-0.4, -0.2) is 32.1 Å². The van der Waals surface area contributed by atoms with Crippen LogP contribution in [0.15, 0.2) is 48.5 Å². The van der Waals surface area contributed by atoms with Gasteiger partial charge in [-0.1, -0.05) is 30.3 Å². The second-order valence-electron chi connectivity index (χ2n) is 6.41. The van der Waals surface area contributed by atoms with Crippen molar-refractivity contribution >= 4 is 11.8 Å². The number of hydrogen-bond donors (Lipinski definition) is 2. The van der Waals surface area contributed by atoms with Gasteiger partial charge in [0.1, 0.15) is 11.5 Å². The summed E-state index contributed by atoms with van der Waals surface area (Å²) in [6.45, 7) is 0.242. The lowest BCUT2D eigenvalue weighted by molar-refractivity contribution is -0.119. The van der Waals surface area contributed by atoms with E-state index < -0.39 is 5.91 Å². The monoisotopic (exact) mass is 354 g/mol. The molecule has 0 atom stereocenters. The molecule has 0 heterocycles. The lowest BCUT2D eigenvalue weighted by Gasteiger charge is -2.20. The quantitative estimate of drug-likeness (QED) is 0.759. The summed E-state index contributed by atoms with van der Waals surface area (Å²) in [5.74, 6) is 0.343. The minimum Gasteiger partial charge on any atom is -0.496 e. The van der Waals surface area contributed by atoms with E-state index >= 15 is 0 Å². The van der Waals surface area contributed by atoms with Crippen LogP contribution in [0.3, 0.4) is 0 Å². The molecule has 0 bridgehead atoms. The van der Waals surface area contributed by atoms with Crippen molar-refractivity contribution in [2.24, 2.45) is 5.73 Å². The first-order valence-corrected chi connectivity index (χ1v) is 8.47. The molecule has 1 saturated carbocycles. The molecule has 0 spiro atoms. The number of ether oxygens (including phenoxy) is 2. The number of methoxy groups -OCH3 is 1. The van der Waals surface area contributed by atoms with Gasteiger partial charge in [0.15, 0.2) is 6.61 Å². The van der Waals surface area contributed by atoms with Gasteiger partial charge in [0, 0.05) is 17.5 Å². The SMILES string of the molecule is COc1ccccc1C1(CNC(=O)c2ccccc2OCC(N)=O)CC1. The third-order valence-corrected chi connectivity index (χ3v) is 4.62. The summed E-state index contributed by atoms with van der Waals surface area (Å²) in [5.41, 5.74) is 6.51. The summed E-state index contributed by atoms with van der Waals surface area (Å²) in [7, 11) is 1.65. The number of rotatable bonds is 8. The van der Waals surface area contributed by atoms with Gasteiger partial charge in [-0.2, -0.15) is 0 Å². The smallest absolute Gasteiger partial charge is 0.255 e. The fourth-order valence-electron chi connectivity index (χ4n) is 3.05. The van der Waals surface area contributed by atoms with Gasteiger partial charge in [-0.05, 0) is 31.0 Å². The minimum atomic E-state index is -0.590. The van der Waals surface area contributed by atoms with Crippen LogP contribution in [0.4, 0.5) is 0 Å². The van der Waals surface area contributed by atoms with E-state index in [9.17, 15) is 9.59 Å². The highest BCUT2D eigenvalue weighted by Gasteiger charge is 2.46. The minimum absolute atomic E-state index is 0.0920. The predicted octanol–water partition coefficient (Wildman–Crippen LogP) is 2.02. The third-order valence-electron chi connectivity index (χ3n) is 4.62.